The number of halogens is 3. The van der Waals surface area contributed by atoms with Gasteiger partial charge < -0.3 is 15.3 Å². The number of hydrogen-bond acceptors (Lipinski definition) is 5. The molecule has 2 fully saturated rings. The number of fused-ring (bicyclic) bond motifs is 1. The van der Waals surface area contributed by atoms with Crippen LogP contribution in [0.25, 0.3) is 11.7 Å². The number of rotatable bonds is 6. The molecule has 1 aliphatic heterocycles. The lowest BCUT2D eigenvalue weighted by atomic mass is 9.96. The average molecular weight is 496 g/mol. The van der Waals surface area contributed by atoms with Gasteiger partial charge in [0, 0.05) is 37.3 Å². The van der Waals surface area contributed by atoms with Crippen molar-refractivity contribution in [2.24, 2.45) is 11.8 Å². The van der Waals surface area contributed by atoms with E-state index in [4.69, 9.17) is 0 Å². The Hall–Kier alpha value is -3.31. The molecule has 4 rings (SSSR count). The van der Waals surface area contributed by atoms with E-state index >= 15 is 0 Å². The number of likely N-dealkylation sites (tertiary alicyclic amines) is 1. The summed E-state index contributed by atoms with van der Waals surface area (Å²) >= 11 is 0. The lowest BCUT2D eigenvalue weighted by molar-refractivity contribution is -0.186. The average Bonchev–Trinajstić information content (AvgIpc) is 3.49. The molecule has 0 spiro atoms. The molecule has 2 amide bonds. The van der Waals surface area contributed by atoms with E-state index in [1.54, 1.807) is 0 Å². The van der Waals surface area contributed by atoms with Gasteiger partial charge in [0.2, 0.25) is 11.8 Å². The molecule has 0 bridgehead atoms. The minimum Gasteiger partial charge on any atom is -0.492 e. The van der Waals surface area contributed by atoms with Crippen molar-refractivity contribution in [1.29, 1.82) is 0 Å². The molecule has 0 radical (unpaired) electrons. The first-order valence-corrected chi connectivity index (χ1v) is 11.7. The molecule has 3 heterocycles. The topological polar surface area (TPSA) is 109 Å². The van der Waals surface area contributed by atoms with Gasteiger partial charge in [-0.05, 0) is 37.7 Å². The Kier molecular flexibility index (Phi) is 6.65. The molecule has 12 heteroatoms. The molecule has 0 unspecified atom stereocenters. The number of alkyl halides is 3. The van der Waals surface area contributed by atoms with Gasteiger partial charge in [-0.3, -0.25) is 19.0 Å². The largest absolute Gasteiger partial charge is 0.492 e. The summed E-state index contributed by atoms with van der Waals surface area (Å²) in [5.74, 6) is -3.10. The second kappa shape index (κ2) is 9.38. The maximum absolute atomic E-state index is 13.2. The third-order valence-electron chi connectivity index (χ3n) is 6.27. The Labute approximate surface area is 199 Å². The second-order valence-corrected chi connectivity index (χ2v) is 9.57. The van der Waals surface area contributed by atoms with Crippen molar-refractivity contribution in [1.82, 2.24) is 24.4 Å². The summed E-state index contributed by atoms with van der Waals surface area (Å²) in [7, 11) is 0. The van der Waals surface area contributed by atoms with Gasteiger partial charge in [0.1, 0.15) is 5.65 Å². The number of amides is 2. The molecule has 0 aromatic carbocycles. The number of aromatic nitrogens is 3. The molecule has 1 saturated carbocycles. The van der Waals surface area contributed by atoms with Gasteiger partial charge in [0.15, 0.2) is 5.56 Å². The van der Waals surface area contributed by atoms with Gasteiger partial charge in [0.05, 0.1) is 12.1 Å². The molecular weight excluding hydrogens is 467 g/mol. The zero-order valence-electron chi connectivity index (χ0n) is 19.5. The van der Waals surface area contributed by atoms with Crippen LogP contribution in [0.5, 0.6) is 5.88 Å². The van der Waals surface area contributed by atoms with Crippen molar-refractivity contribution in [3.63, 3.8) is 0 Å². The summed E-state index contributed by atoms with van der Waals surface area (Å²) in [5.41, 5.74) is -0.500. The van der Waals surface area contributed by atoms with Crippen molar-refractivity contribution in [2.45, 2.75) is 58.3 Å². The van der Waals surface area contributed by atoms with Gasteiger partial charge in [-0.25, -0.2) is 0 Å². The molecule has 2 aromatic rings. The molecule has 2 aliphatic rings. The van der Waals surface area contributed by atoms with Gasteiger partial charge in [-0.2, -0.15) is 22.8 Å². The third-order valence-corrected chi connectivity index (χ3v) is 6.27. The van der Waals surface area contributed by atoms with Gasteiger partial charge in [0.25, 0.3) is 11.5 Å². The van der Waals surface area contributed by atoms with Gasteiger partial charge in [-0.15, -0.1) is 0 Å². The van der Waals surface area contributed by atoms with Gasteiger partial charge in [-0.1, -0.05) is 13.8 Å². The number of carbonyl (C=O) groups excluding carboxylic acids is 2. The molecule has 2 aromatic heterocycles. The second-order valence-electron chi connectivity index (χ2n) is 9.57. The summed E-state index contributed by atoms with van der Waals surface area (Å²) in [6, 6.07) is -0.0149. The highest BCUT2D eigenvalue weighted by molar-refractivity contribution is 5.97. The highest BCUT2D eigenvalue weighted by atomic mass is 19.4. The van der Waals surface area contributed by atoms with Crippen LogP contribution in [0.1, 0.15) is 55.5 Å². The molecule has 35 heavy (non-hydrogen) atoms. The Morgan fingerprint density at radius 3 is 2.46 bits per heavy atom. The highest BCUT2D eigenvalue weighted by Gasteiger charge is 2.41. The molecule has 9 nitrogen and oxygen atoms in total. The van der Waals surface area contributed by atoms with E-state index in [0.717, 1.165) is 17.4 Å². The molecule has 1 saturated heterocycles. The van der Waals surface area contributed by atoms with Crippen LogP contribution in [0.15, 0.2) is 17.1 Å². The number of nitrogens with one attached hydrogen (secondary N) is 1. The van der Waals surface area contributed by atoms with Crippen molar-refractivity contribution in [2.75, 3.05) is 13.1 Å². The van der Waals surface area contributed by atoms with Gasteiger partial charge >= 0.3 is 6.18 Å². The molecule has 190 valence electrons. The van der Waals surface area contributed by atoms with Crippen molar-refractivity contribution in [3.8, 4) is 5.88 Å². The van der Waals surface area contributed by atoms with E-state index in [2.05, 4.69) is 10.4 Å². The summed E-state index contributed by atoms with van der Waals surface area (Å²) in [4.78, 5) is 39.8. The smallest absolute Gasteiger partial charge is 0.391 e. The number of hydrogen-bond donors (Lipinski definition) is 2. The van der Waals surface area contributed by atoms with E-state index in [-0.39, 0.29) is 50.1 Å². The highest BCUT2D eigenvalue weighted by Crippen LogP contribution is 2.34. The zero-order valence-corrected chi connectivity index (χ0v) is 19.5. The summed E-state index contributed by atoms with van der Waals surface area (Å²) < 4.78 is 41.1. The van der Waals surface area contributed by atoms with Crippen LogP contribution in [0.4, 0.5) is 13.2 Å². The lowest BCUT2D eigenvalue weighted by Crippen LogP contribution is -2.41. The first-order valence-electron chi connectivity index (χ1n) is 11.7. The molecule has 0 atom stereocenters. The fourth-order valence-corrected chi connectivity index (χ4v) is 4.24. The number of carbonyl (C=O) groups is 2. The van der Waals surface area contributed by atoms with Crippen molar-refractivity contribution in [3.05, 3.63) is 33.8 Å². The summed E-state index contributed by atoms with van der Waals surface area (Å²) in [6.07, 6.45) is 1.06. The van der Waals surface area contributed by atoms with Crippen LogP contribution in [-0.2, 0) is 11.3 Å². The predicted octanol–water partition coefficient (Wildman–Crippen LogP) is 2.56. The maximum Gasteiger partial charge on any atom is 0.391 e. The first kappa shape index (κ1) is 24.8. The van der Waals surface area contributed by atoms with E-state index in [0.29, 0.717) is 5.56 Å². The Morgan fingerprint density at radius 2 is 1.89 bits per heavy atom. The van der Waals surface area contributed by atoms with Crippen LogP contribution < -0.4 is 10.9 Å². The fraction of sp³-hybridized carbons (Fsp3) is 0.565. The Bertz CT molecular complexity index is 1220. The standard InChI is InChI=1S/C23H28F3N5O4/c1-13(2)12-30-20-14(3-6-17(32)29-9-7-15(8-10-29)23(24,25)26)11-27-31(20)22(35)18(21(30)34)19(33)28-16-4-5-16/h3,6,11,13,15-16,35H,4-5,7-10,12H2,1-2H3,(H,28,33). The number of aromatic hydroxyl groups is 1. The number of nitrogens with zero attached hydrogens (tertiary/aromatic N) is 4. The van der Waals surface area contributed by atoms with E-state index < -0.39 is 40.9 Å². The zero-order chi connectivity index (χ0) is 25.5. The van der Waals surface area contributed by atoms with Crippen molar-refractivity contribution < 1.29 is 27.9 Å². The van der Waals surface area contributed by atoms with E-state index in [1.807, 2.05) is 13.8 Å². The SMILES string of the molecule is CC(C)Cn1c(=O)c(C(=O)NC2CC2)c(O)n2ncc(C=CC(=O)N3CCC(C(F)(F)F)CC3)c12. The van der Waals surface area contributed by atoms with Crippen LogP contribution in [0.3, 0.4) is 0 Å². The monoisotopic (exact) mass is 495 g/mol. The van der Waals surface area contributed by atoms with Crippen LogP contribution in [0.2, 0.25) is 0 Å². The quantitative estimate of drug-likeness (QED) is 0.599. The Balaban J connectivity index is 1.63. The summed E-state index contributed by atoms with van der Waals surface area (Å²) in [6.45, 7) is 4.01. The van der Waals surface area contributed by atoms with E-state index in [9.17, 15) is 32.7 Å². The van der Waals surface area contributed by atoms with Crippen LogP contribution >= 0.6 is 0 Å². The van der Waals surface area contributed by atoms with Crippen LogP contribution in [0, 0.1) is 11.8 Å². The third kappa shape index (κ3) is 5.20. The maximum atomic E-state index is 13.2. The lowest BCUT2D eigenvalue weighted by Gasteiger charge is -2.32. The molecular formula is C23H28F3N5O4. The van der Waals surface area contributed by atoms with Crippen LogP contribution in [-0.4, -0.2) is 61.3 Å². The first-order chi connectivity index (χ1) is 16.5. The minimum atomic E-state index is -4.27. The van der Waals surface area contributed by atoms with Crippen molar-refractivity contribution >= 4 is 23.5 Å². The fourth-order valence-electron chi connectivity index (χ4n) is 4.24. The molecule has 1 aliphatic carbocycles. The Morgan fingerprint density at radius 1 is 1.23 bits per heavy atom. The minimum absolute atomic E-state index is 0.000418. The predicted molar refractivity (Wildman–Crippen MR) is 121 cm³/mol. The van der Waals surface area contributed by atoms with E-state index in [1.165, 1.54) is 27.8 Å². The summed E-state index contributed by atoms with van der Waals surface area (Å²) in [5, 5.41) is 17.5. The number of piperidine rings is 1. The normalized spacial score (nSPS) is 17.6. The molecule has 2 N–H and O–H groups in total.